The molecule has 3 N–H and O–H groups in total. The van der Waals surface area contributed by atoms with Gasteiger partial charge in [-0.3, -0.25) is 9.10 Å². The van der Waals surface area contributed by atoms with Gasteiger partial charge in [-0.05, 0) is 23.6 Å². The third kappa shape index (κ3) is 3.71. The number of benzene rings is 1. The molecule has 12 heteroatoms. The monoisotopic (exact) mass is 419 g/mol. The number of rotatable bonds is 5. The molecule has 0 spiro atoms. The Hall–Kier alpha value is -2.73. The van der Waals surface area contributed by atoms with Crippen LogP contribution in [-0.4, -0.2) is 32.7 Å². The highest BCUT2D eigenvalue weighted by atomic mass is 32.2. The Morgan fingerprint density at radius 2 is 2.00 bits per heavy atom. The van der Waals surface area contributed by atoms with Gasteiger partial charge in [0.15, 0.2) is 0 Å². The number of nitrogens with one attached hydrogen (secondary N) is 1. The van der Waals surface area contributed by atoms with E-state index in [1.165, 1.54) is 25.2 Å². The molecule has 0 aliphatic carbocycles. The van der Waals surface area contributed by atoms with E-state index in [2.05, 4.69) is 9.72 Å². The molecular formula is C15H12F3N3O4S2. The van der Waals surface area contributed by atoms with Crippen molar-refractivity contribution in [1.82, 2.24) is 4.98 Å². The van der Waals surface area contributed by atoms with Gasteiger partial charge in [0.1, 0.15) is 15.7 Å². The lowest BCUT2D eigenvalue weighted by atomic mass is 10.2. The van der Waals surface area contributed by atoms with Crippen molar-refractivity contribution in [2.45, 2.75) is 10.6 Å². The van der Waals surface area contributed by atoms with Gasteiger partial charge in [-0.1, -0.05) is 6.07 Å². The molecule has 0 fully saturated rings. The molecule has 0 aliphatic heterocycles. The smallest absolute Gasteiger partial charge is 0.406 e. The molecule has 7 nitrogen and oxygen atoms in total. The first-order valence-electron chi connectivity index (χ1n) is 7.24. The van der Waals surface area contributed by atoms with Crippen LogP contribution in [-0.2, 0) is 10.0 Å². The van der Waals surface area contributed by atoms with Gasteiger partial charge in [-0.25, -0.2) is 8.42 Å². The number of H-pyrrole nitrogens is 1. The summed E-state index contributed by atoms with van der Waals surface area (Å²) in [6.07, 6.45) is -4.97. The van der Waals surface area contributed by atoms with Crippen molar-refractivity contribution in [3.8, 4) is 5.75 Å². The molecule has 0 saturated heterocycles. The van der Waals surface area contributed by atoms with Crippen LogP contribution in [0.25, 0.3) is 10.9 Å². The number of alkyl halides is 3. The molecule has 1 amide bonds. The lowest BCUT2D eigenvalue weighted by Gasteiger charge is -2.20. The fourth-order valence-electron chi connectivity index (χ4n) is 2.45. The van der Waals surface area contributed by atoms with Crippen LogP contribution < -0.4 is 14.8 Å². The quantitative estimate of drug-likeness (QED) is 0.663. The van der Waals surface area contributed by atoms with E-state index in [0.717, 1.165) is 27.8 Å². The Morgan fingerprint density at radius 3 is 2.56 bits per heavy atom. The number of primary amides is 1. The van der Waals surface area contributed by atoms with Gasteiger partial charge in [0.2, 0.25) is 0 Å². The van der Waals surface area contributed by atoms with Crippen molar-refractivity contribution in [2.75, 3.05) is 11.4 Å². The minimum absolute atomic E-state index is 0.00183. The number of hydrogen-bond donors (Lipinski definition) is 2. The van der Waals surface area contributed by atoms with Gasteiger partial charge in [0.05, 0.1) is 11.2 Å². The van der Waals surface area contributed by atoms with Crippen molar-refractivity contribution in [2.24, 2.45) is 5.73 Å². The zero-order valence-electron chi connectivity index (χ0n) is 13.6. The van der Waals surface area contributed by atoms with E-state index in [1.54, 1.807) is 5.38 Å². The first-order valence-corrected chi connectivity index (χ1v) is 9.56. The minimum atomic E-state index is -4.97. The Balaban J connectivity index is 2.21. The maximum Gasteiger partial charge on any atom is 0.573 e. The highest BCUT2D eigenvalue weighted by Gasteiger charge is 2.32. The number of sulfonamides is 1. The summed E-state index contributed by atoms with van der Waals surface area (Å²) in [5.41, 5.74) is 5.10. The van der Waals surface area contributed by atoms with E-state index in [9.17, 15) is 26.4 Å². The van der Waals surface area contributed by atoms with Gasteiger partial charge in [-0.15, -0.1) is 24.5 Å². The number of thiophene rings is 1. The number of anilines is 1. The first kappa shape index (κ1) is 19.0. The van der Waals surface area contributed by atoms with Crippen LogP contribution in [0.5, 0.6) is 5.75 Å². The maximum atomic E-state index is 12.7. The standard InChI is InChI=1S/C15H12F3N3O4S2/c1-21(27(23,24)12-3-2-4-26-12)11-7-9(25-15(16,17)18)5-8-6-10(14(19)22)20-13(8)11/h2-7,20H,1H3,(H2,19,22). The lowest BCUT2D eigenvalue weighted by Crippen LogP contribution is -2.26. The summed E-state index contributed by atoms with van der Waals surface area (Å²) in [6.45, 7) is 0. The number of carbonyl (C=O) groups excluding carboxylic acids is 1. The van der Waals surface area contributed by atoms with E-state index >= 15 is 0 Å². The van der Waals surface area contributed by atoms with Gasteiger partial charge < -0.3 is 15.5 Å². The predicted octanol–water partition coefficient (Wildman–Crippen LogP) is 3.05. The third-order valence-electron chi connectivity index (χ3n) is 3.63. The van der Waals surface area contributed by atoms with Crippen LogP contribution in [0.2, 0.25) is 0 Å². The SMILES string of the molecule is CN(c1cc(OC(F)(F)F)cc2cc(C(N)=O)[nH]c12)S(=O)(=O)c1cccs1. The number of halogens is 3. The molecule has 0 atom stereocenters. The van der Waals surface area contributed by atoms with Gasteiger partial charge in [-0.2, -0.15) is 0 Å². The number of nitrogens with two attached hydrogens (primary N) is 1. The van der Waals surface area contributed by atoms with Crippen molar-refractivity contribution in [1.29, 1.82) is 0 Å². The maximum absolute atomic E-state index is 12.7. The second kappa shape index (κ2) is 6.46. The number of aromatic nitrogens is 1. The summed E-state index contributed by atoms with van der Waals surface area (Å²) in [5, 5.41) is 1.69. The molecule has 3 aromatic rings. The number of fused-ring (bicyclic) bond motifs is 1. The minimum Gasteiger partial charge on any atom is -0.406 e. The third-order valence-corrected chi connectivity index (χ3v) is 6.77. The summed E-state index contributed by atoms with van der Waals surface area (Å²) >= 11 is 0.957. The number of carbonyl (C=O) groups is 1. The summed E-state index contributed by atoms with van der Waals surface area (Å²) < 4.78 is 68.1. The molecule has 0 radical (unpaired) electrons. The number of nitrogens with zero attached hydrogens (tertiary/aromatic N) is 1. The molecule has 3 rings (SSSR count). The summed E-state index contributed by atoms with van der Waals surface area (Å²) in [5.74, 6) is -1.48. The zero-order chi connectivity index (χ0) is 20.0. The molecule has 0 saturated carbocycles. The van der Waals surface area contributed by atoms with Crippen molar-refractivity contribution < 1.29 is 31.1 Å². The molecule has 2 aromatic heterocycles. The zero-order valence-corrected chi connectivity index (χ0v) is 15.2. The van der Waals surface area contributed by atoms with Crippen LogP contribution in [0.3, 0.4) is 0 Å². The van der Waals surface area contributed by atoms with Crippen LogP contribution >= 0.6 is 11.3 Å². The topological polar surface area (TPSA) is 105 Å². The Labute approximate surface area is 155 Å². The van der Waals surface area contributed by atoms with E-state index in [0.29, 0.717) is 0 Å². The Morgan fingerprint density at radius 1 is 1.30 bits per heavy atom. The van der Waals surface area contributed by atoms with Crippen LogP contribution in [0, 0.1) is 0 Å². The summed E-state index contributed by atoms with van der Waals surface area (Å²) in [6, 6.07) is 6.07. The van der Waals surface area contributed by atoms with E-state index in [4.69, 9.17) is 5.73 Å². The van der Waals surface area contributed by atoms with Gasteiger partial charge in [0, 0.05) is 18.5 Å². The fraction of sp³-hybridized carbons (Fsp3) is 0.133. The molecule has 0 aliphatic rings. The number of hydrogen-bond acceptors (Lipinski definition) is 5. The van der Waals surface area contributed by atoms with Crippen LogP contribution in [0.1, 0.15) is 10.5 Å². The number of amides is 1. The van der Waals surface area contributed by atoms with E-state index in [1.807, 2.05) is 0 Å². The highest BCUT2D eigenvalue weighted by molar-refractivity contribution is 7.94. The lowest BCUT2D eigenvalue weighted by molar-refractivity contribution is -0.274. The Kier molecular flexibility index (Phi) is 4.56. The first-order chi connectivity index (χ1) is 12.5. The van der Waals surface area contributed by atoms with Crippen molar-refractivity contribution >= 4 is 43.9 Å². The Bertz CT molecular complexity index is 1110. The van der Waals surface area contributed by atoms with Crippen LogP contribution in [0.4, 0.5) is 18.9 Å². The molecule has 2 heterocycles. The molecule has 1 aromatic carbocycles. The fourth-order valence-corrected chi connectivity index (χ4v) is 4.81. The summed E-state index contributed by atoms with van der Waals surface area (Å²) in [7, 11) is -2.85. The number of ether oxygens (including phenoxy) is 1. The van der Waals surface area contributed by atoms with Crippen LogP contribution in [0.15, 0.2) is 39.9 Å². The average molecular weight is 419 g/mol. The van der Waals surface area contributed by atoms with Crippen molar-refractivity contribution in [3.05, 3.63) is 41.4 Å². The predicted molar refractivity (Wildman–Crippen MR) is 93.4 cm³/mol. The van der Waals surface area contributed by atoms with Crippen molar-refractivity contribution in [3.63, 3.8) is 0 Å². The molecule has 27 heavy (non-hydrogen) atoms. The van der Waals surface area contributed by atoms with Gasteiger partial charge in [0.25, 0.3) is 15.9 Å². The summed E-state index contributed by atoms with van der Waals surface area (Å²) in [4.78, 5) is 14.0. The largest absolute Gasteiger partial charge is 0.573 e. The van der Waals surface area contributed by atoms with E-state index in [-0.39, 0.29) is 26.5 Å². The highest BCUT2D eigenvalue weighted by Crippen LogP contribution is 2.36. The average Bonchev–Trinajstić information content (AvgIpc) is 3.21. The molecule has 0 bridgehead atoms. The molecule has 0 unspecified atom stereocenters. The second-order valence-corrected chi connectivity index (χ2v) is 8.55. The molecular weight excluding hydrogens is 407 g/mol. The van der Waals surface area contributed by atoms with Gasteiger partial charge >= 0.3 is 6.36 Å². The normalized spacial score (nSPS) is 12.3. The second-order valence-electron chi connectivity index (χ2n) is 5.41. The molecule has 144 valence electrons. The number of aromatic amines is 1. The van der Waals surface area contributed by atoms with E-state index < -0.39 is 28.0 Å².